The number of likely N-dealkylation sites (N-methyl/N-ethyl adjacent to an activating group) is 1. The molecule has 0 radical (unpaired) electrons. The number of rotatable bonds is 5. The summed E-state index contributed by atoms with van der Waals surface area (Å²) in [7, 11) is 0. The van der Waals surface area contributed by atoms with E-state index in [1.807, 2.05) is 12.1 Å². The second-order valence-corrected chi connectivity index (χ2v) is 5.81. The van der Waals surface area contributed by atoms with Crippen LogP contribution in [0.2, 0.25) is 5.02 Å². The van der Waals surface area contributed by atoms with Crippen LogP contribution in [0.3, 0.4) is 0 Å². The Morgan fingerprint density at radius 2 is 1.86 bits per heavy atom. The molecule has 0 saturated heterocycles. The van der Waals surface area contributed by atoms with Crippen molar-refractivity contribution in [3.63, 3.8) is 0 Å². The fourth-order valence-corrected chi connectivity index (χ4v) is 2.86. The summed E-state index contributed by atoms with van der Waals surface area (Å²) in [5.74, 6) is -0.200. The predicted molar refractivity (Wildman–Crippen MR) is 87.4 cm³/mol. The van der Waals surface area contributed by atoms with Crippen molar-refractivity contribution in [2.45, 2.75) is 33.2 Å². The van der Waals surface area contributed by atoms with E-state index in [-0.39, 0.29) is 11.9 Å². The summed E-state index contributed by atoms with van der Waals surface area (Å²) in [4.78, 5) is 0. The molecule has 0 heterocycles. The average molecular weight is 306 g/mol. The Morgan fingerprint density at radius 3 is 2.52 bits per heavy atom. The third-order valence-electron chi connectivity index (χ3n) is 3.77. The molecule has 1 N–H and O–H groups in total. The highest BCUT2D eigenvalue weighted by Gasteiger charge is 2.16. The summed E-state index contributed by atoms with van der Waals surface area (Å²) >= 11 is 6.42. The third-order valence-corrected chi connectivity index (χ3v) is 4.10. The molecule has 1 unspecified atom stereocenters. The van der Waals surface area contributed by atoms with Gasteiger partial charge in [-0.05, 0) is 67.3 Å². The molecule has 2 aromatic rings. The van der Waals surface area contributed by atoms with Gasteiger partial charge in [0.1, 0.15) is 5.82 Å². The van der Waals surface area contributed by atoms with Gasteiger partial charge >= 0.3 is 0 Å². The molecule has 112 valence electrons. The van der Waals surface area contributed by atoms with Crippen LogP contribution in [0.4, 0.5) is 4.39 Å². The molecule has 0 aromatic heterocycles. The van der Waals surface area contributed by atoms with Gasteiger partial charge in [0.05, 0.1) is 0 Å². The van der Waals surface area contributed by atoms with E-state index < -0.39 is 0 Å². The molecule has 3 heteroatoms. The topological polar surface area (TPSA) is 12.0 Å². The summed E-state index contributed by atoms with van der Waals surface area (Å²) in [6.07, 6.45) is 0.716. The van der Waals surface area contributed by atoms with E-state index in [2.05, 4.69) is 32.2 Å². The molecule has 0 saturated carbocycles. The zero-order valence-corrected chi connectivity index (χ0v) is 13.5. The molecule has 0 aliphatic heterocycles. The maximum atomic E-state index is 13.4. The van der Waals surface area contributed by atoms with Gasteiger partial charge in [-0.2, -0.15) is 0 Å². The highest BCUT2D eigenvalue weighted by atomic mass is 35.5. The third kappa shape index (κ3) is 4.05. The summed E-state index contributed by atoms with van der Waals surface area (Å²) in [5.41, 5.74) is 4.45. The fourth-order valence-electron chi connectivity index (χ4n) is 2.51. The lowest BCUT2D eigenvalue weighted by atomic mass is 9.95. The van der Waals surface area contributed by atoms with Crippen molar-refractivity contribution in [2.75, 3.05) is 6.54 Å². The Bertz CT molecular complexity index is 625. The monoisotopic (exact) mass is 305 g/mol. The van der Waals surface area contributed by atoms with E-state index >= 15 is 0 Å². The van der Waals surface area contributed by atoms with Crippen molar-refractivity contribution in [1.82, 2.24) is 5.32 Å². The molecule has 1 nitrogen and oxygen atoms in total. The molecule has 0 aliphatic carbocycles. The van der Waals surface area contributed by atoms with Crippen LogP contribution in [0, 0.1) is 19.7 Å². The van der Waals surface area contributed by atoms with Crippen molar-refractivity contribution in [3.05, 3.63) is 69.5 Å². The van der Waals surface area contributed by atoms with Crippen LogP contribution >= 0.6 is 11.6 Å². The maximum Gasteiger partial charge on any atom is 0.123 e. The van der Waals surface area contributed by atoms with Crippen molar-refractivity contribution >= 4 is 11.6 Å². The van der Waals surface area contributed by atoms with Crippen molar-refractivity contribution in [2.24, 2.45) is 0 Å². The number of hydrogen-bond acceptors (Lipinski definition) is 1. The first-order valence-corrected chi connectivity index (χ1v) is 7.63. The number of hydrogen-bond donors (Lipinski definition) is 1. The molecular weight excluding hydrogens is 285 g/mol. The fraction of sp³-hybridized carbons (Fsp3) is 0.333. The molecule has 0 bridgehead atoms. The normalized spacial score (nSPS) is 12.4. The van der Waals surface area contributed by atoms with Crippen molar-refractivity contribution < 1.29 is 4.39 Å². The molecule has 1 atom stereocenters. The maximum absolute atomic E-state index is 13.4. The van der Waals surface area contributed by atoms with Gasteiger partial charge in [0.2, 0.25) is 0 Å². The second-order valence-electron chi connectivity index (χ2n) is 5.40. The van der Waals surface area contributed by atoms with Gasteiger partial charge < -0.3 is 5.32 Å². The van der Waals surface area contributed by atoms with E-state index in [0.717, 1.165) is 22.7 Å². The van der Waals surface area contributed by atoms with E-state index in [1.54, 1.807) is 12.1 Å². The molecule has 2 rings (SSSR count). The van der Waals surface area contributed by atoms with Crippen LogP contribution in [-0.4, -0.2) is 6.54 Å². The van der Waals surface area contributed by atoms with E-state index in [4.69, 9.17) is 11.6 Å². The minimum absolute atomic E-state index is 0.0867. The smallest absolute Gasteiger partial charge is 0.123 e. The zero-order valence-electron chi connectivity index (χ0n) is 12.7. The van der Waals surface area contributed by atoms with Gasteiger partial charge in [-0.15, -0.1) is 0 Å². The van der Waals surface area contributed by atoms with E-state index in [0.29, 0.717) is 6.42 Å². The first-order chi connectivity index (χ1) is 10.0. The molecule has 0 fully saturated rings. The first-order valence-electron chi connectivity index (χ1n) is 7.25. The number of benzene rings is 2. The zero-order chi connectivity index (χ0) is 15.4. The van der Waals surface area contributed by atoms with Crippen molar-refractivity contribution in [3.8, 4) is 0 Å². The highest BCUT2D eigenvalue weighted by Crippen LogP contribution is 2.28. The Morgan fingerprint density at radius 1 is 1.14 bits per heavy atom. The molecule has 21 heavy (non-hydrogen) atoms. The van der Waals surface area contributed by atoms with Gasteiger partial charge in [0.25, 0.3) is 0 Å². The molecule has 0 amide bonds. The largest absolute Gasteiger partial charge is 0.310 e. The van der Waals surface area contributed by atoms with Crippen LogP contribution in [0.15, 0.2) is 36.4 Å². The lowest BCUT2D eigenvalue weighted by molar-refractivity contribution is 0.546. The summed E-state index contributed by atoms with van der Waals surface area (Å²) < 4.78 is 13.4. The Balaban J connectivity index is 2.33. The molecule has 0 spiro atoms. The average Bonchev–Trinajstić information content (AvgIpc) is 2.42. The predicted octanol–water partition coefficient (Wildman–Crippen LogP) is 4.99. The van der Waals surface area contributed by atoms with Crippen molar-refractivity contribution in [1.29, 1.82) is 0 Å². The Labute approximate surface area is 131 Å². The second kappa shape index (κ2) is 7.06. The number of nitrogens with one attached hydrogen (secondary N) is 1. The van der Waals surface area contributed by atoms with E-state index in [1.165, 1.54) is 17.2 Å². The Hall–Kier alpha value is -1.38. The lowest BCUT2D eigenvalue weighted by Crippen LogP contribution is -2.23. The minimum Gasteiger partial charge on any atom is -0.310 e. The summed E-state index contributed by atoms with van der Waals surface area (Å²) in [6, 6.07) is 11.0. The van der Waals surface area contributed by atoms with Gasteiger partial charge in [0, 0.05) is 11.1 Å². The van der Waals surface area contributed by atoms with Gasteiger partial charge in [-0.3, -0.25) is 0 Å². The molecular formula is C18H21ClFN. The van der Waals surface area contributed by atoms with Crippen LogP contribution in [0.5, 0.6) is 0 Å². The standard InChI is InChI=1S/C18H21ClFN/c1-4-21-18(11-14-6-5-7-15(20)10-14)16-8-12(2)13(3)9-17(16)19/h5-10,18,21H,4,11H2,1-3H3. The van der Waals surface area contributed by atoms with Crippen LogP contribution in [-0.2, 0) is 6.42 Å². The minimum atomic E-state index is -0.200. The quantitative estimate of drug-likeness (QED) is 0.820. The van der Waals surface area contributed by atoms with E-state index in [9.17, 15) is 4.39 Å². The summed E-state index contributed by atoms with van der Waals surface area (Å²) in [5, 5.41) is 4.21. The SMILES string of the molecule is CCNC(Cc1cccc(F)c1)c1cc(C)c(C)cc1Cl. The number of aryl methyl sites for hydroxylation is 2. The number of halogens is 2. The lowest BCUT2D eigenvalue weighted by Gasteiger charge is -2.21. The highest BCUT2D eigenvalue weighted by molar-refractivity contribution is 6.31. The van der Waals surface area contributed by atoms with Gasteiger partial charge in [0.15, 0.2) is 0 Å². The van der Waals surface area contributed by atoms with Crippen LogP contribution in [0.25, 0.3) is 0 Å². The van der Waals surface area contributed by atoms with Crippen LogP contribution in [0.1, 0.15) is 35.2 Å². The van der Waals surface area contributed by atoms with Gasteiger partial charge in [-0.1, -0.05) is 36.7 Å². The first kappa shape index (κ1) is 16.0. The summed E-state index contributed by atoms with van der Waals surface area (Å²) in [6.45, 7) is 7.04. The molecule has 0 aliphatic rings. The Kier molecular flexibility index (Phi) is 5.38. The molecule has 2 aromatic carbocycles. The van der Waals surface area contributed by atoms with Crippen LogP contribution < -0.4 is 5.32 Å². The van der Waals surface area contributed by atoms with Gasteiger partial charge in [-0.25, -0.2) is 4.39 Å².